The highest BCUT2D eigenvalue weighted by atomic mass is 35.5. The van der Waals surface area contributed by atoms with Gasteiger partial charge in [0.15, 0.2) is 0 Å². The van der Waals surface area contributed by atoms with Crippen LogP contribution in [-0.2, 0) is 7.05 Å². The van der Waals surface area contributed by atoms with Crippen LogP contribution in [-0.4, -0.2) is 22.0 Å². The first-order valence-corrected chi connectivity index (χ1v) is 6.87. The Hall–Kier alpha value is -1.52. The fourth-order valence-electron chi connectivity index (χ4n) is 2.17. The van der Waals surface area contributed by atoms with Crippen molar-refractivity contribution in [1.29, 1.82) is 0 Å². The van der Waals surface area contributed by atoms with Crippen LogP contribution in [0.1, 0.15) is 42.7 Å². The van der Waals surface area contributed by atoms with Crippen LogP contribution in [0, 0.1) is 0 Å². The molecule has 2 rings (SSSR count). The molecule has 4 nitrogen and oxygen atoms in total. The Labute approximate surface area is 123 Å². The Bertz CT molecular complexity index is 591. The molecule has 0 amide bonds. The molecule has 1 atom stereocenters. The van der Waals surface area contributed by atoms with Crippen LogP contribution in [0.2, 0.25) is 5.15 Å². The van der Waals surface area contributed by atoms with Crippen molar-refractivity contribution in [3.63, 3.8) is 0 Å². The van der Waals surface area contributed by atoms with Crippen molar-refractivity contribution in [1.82, 2.24) is 9.78 Å². The number of aryl methyl sites for hydroxylation is 1. The number of nitrogens with zero attached hydrogens (tertiary/aromatic N) is 2. The topological polar surface area (TPSA) is 47.3 Å². The molecule has 1 unspecified atom stereocenters. The van der Waals surface area contributed by atoms with Crippen molar-refractivity contribution in [2.45, 2.75) is 25.9 Å². The van der Waals surface area contributed by atoms with Gasteiger partial charge in [-0.3, -0.25) is 4.68 Å². The Kier molecular flexibility index (Phi) is 4.35. The number of aliphatic hydroxyl groups excluding tert-OH is 1. The number of benzene rings is 1. The molecule has 5 heteroatoms. The summed E-state index contributed by atoms with van der Waals surface area (Å²) in [7, 11) is 3.39. The van der Waals surface area contributed by atoms with Crippen LogP contribution >= 0.6 is 11.6 Å². The zero-order valence-corrected chi connectivity index (χ0v) is 12.8. The zero-order valence-electron chi connectivity index (χ0n) is 12.1. The van der Waals surface area contributed by atoms with Crippen LogP contribution in [0.5, 0.6) is 5.75 Å². The third kappa shape index (κ3) is 2.67. The van der Waals surface area contributed by atoms with E-state index in [9.17, 15) is 5.11 Å². The number of aliphatic hydroxyl groups is 1. The van der Waals surface area contributed by atoms with E-state index in [-0.39, 0.29) is 5.92 Å². The molecule has 108 valence electrons. The summed E-state index contributed by atoms with van der Waals surface area (Å²) in [6.07, 6.45) is -0.792. The third-order valence-electron chi connectivity index (χ3n) is 3.29. The van der Waals surface area contributed by atoms with Crippen LogP contribution in [0.4, 0.5) is 0 Å². The normalized spacial score (nSPS) is 12.8. The molecule has 0 fully saturated rings. The summed E-state index contributed by atoms with van der Waals surface area (Å²) < 4.78 is 6.72. The van der Waals surface area contributed by atoms with Gasteiger partial charge in [-0.25, -0.2) is 0 Å². The van der Waals surface area contributed by atoms with Gasteiger partial charge < -0.3 is 9.84 Å². The van der Waals surface area contributed by atoms with Crippen LogP contribution in [0.25, 0.3) is 0 Å². The molecule has 0 aliphatic rings. The van der Waals surface area contributed by atoms with Crippen molar-refractivity contribution >= 4 is 11.6 Å². The second kappa shape index (κ2) is 5.85. The lowest BCUT2D eigenvalue weighted by Gasteiger charge is -2.14. The minimum Gasteiger partial charge on any atom is -0.497 e. The highest BCUT2D eigenvalue weighted by molar-refractivity contribution is 6.30. The maximum Gasteiger partial charge on any atom is 0.133 e. The molecule has 0 bridgehead atoms. The smallest absolute Gasteiger partial charge is 0.133 e. The Balaban J connectivity index is 2.44. The lowest BCUT2D eigenvalue weighted by Crippen LogP contribution is -2.04. The molecular weight excluding hydrogens is 276 g/mol. The third-order valence-corrected chi connectivity index (χ3v) is 3.74. The molecule has 2 aromatic rings. The molecule has 0 aliphatic heterocycles. The van der Waals surface area contributed by atoms with E-state index < -0.39 is 6.10 Å². The predicted octanol–water partition coefficient (Wildman–Crippen LogP) is 3.29. The number of ether oxygens (including phenoxy) is 1. The van der Waals surface area contributed by atoms with E-state index in [2.05, 4.69) is 5.10 Å². The maximum atomic E-state index is 10.6. The van der Waals surface area contributed by atoms with Gasteiger partial charge in [0.1, 0.15) is 17.0 Å². The summed E-state index contributed by atoms with van der Waals surface area (Å²) in [4.78, 5) is 0. The molecule has 0 radical (unpaired) electrons. The molecular formula is C15H19ClN2O2. The van der Waals surface area contributed by atoms with Crippen molar-refractivity contribution in [3.8, 4) is 5.75 Å². The van der Waals surface area contributed by atoms with E-state index in [4.69, 9.17) is 16.3 Å². The summed E-state index contributed by atoms with van der Waals surface area (Å²) in [5.74, 6) is 0.943. The summed E-state index contributed by atoms with van der Waals surface area (Å²) in [6, 6.07) is 7.30. The van der Waals surface area contributed by atoms with Crippen molar-refractivity contribution in [3.05, 3.63) is 46.2 Å². The summed E-state index contributed by atoms with van der Waals surface area (Å²) >= 11 is 6.28. The SMILES string of the molecule is COc1ccc(C(O)c2c(C(C)C)nn(C)c2Cl)cc1. The van der Waals surface area contributed by atoms with Gasteiger partial charge in [-0.15, -0.1) is 0 Å². The number of hydrogen-bond acceptors (Lipinski definition) is 3. The first kappa shape index (κ1) is 14.9. The number of rotatable bonds is 4. The largest absolute Gasteiger partial charge is 0.497 e. The fraction of sp³-hybridized carbons (Fsp3) is 0.400. The van der Waals surface area contributed by atoms with Gasteiger partial charge in [0.25, 0.3) is 0 Å². The van der Waals surface area contributed by atoms with Crippen LogP contribution < -0.4 is 4.74 Å². The van der Waals surface area contributed by atoms with E-state index in [0.29, 0.717) is 10.7 Å². The monoisotopic (exact) mass is 294 g/mol. The second-order valence-corrected chi connectivity index (χ2v) is 5.40. The standard InChI is InChI=1S/C15H19ClN2O2/c1-9(2)13-12(15(16)18(3)17-13)14(19)10-5-7-11(20-4)8-6-10/h5-9,14,19H,1-4H3. The minimum atomic E-state index is -0.792. The minimum absolute atomic E-state index is 0.191. The van der Waals surface area contributed by atoms with Gasteiger partial charge in [0.2, 0.25) is 0 Å². The molecule has 0 saturated carbocycles. The summed E-state index contributed by atoms with van der Waals surface area (Å²) in [6.45, 7) is 4.06. The Morgan fingerprint density at radius 2 is 1.85 bits per heavy atom. The van der Waals surface area contributed by atoms with Gasteiger partial charge in [-0.05, 0) is 23.6 Å². The van der Waals surface area contributed by atoms with Crippen molar-refractivity contribution in [2.75, 3.05) is 7.11 Å². The van der Waals surface area contributed by atoms with E-state index in [1.165, 1.54) is 0 Å². The van der Waals surface area contributed by atoms with E-state index in [1.54, 1.807) is 18.8 Å². The zero-order chi connectivity index (χ0) is 14.9. The van der Waals surface area contributed by atoms with Crippen LogP contribution in [0.15, 0.2) is 24.3 Å². The number of aromatic nitrogens is 2. The lowest BCUT2D eigenvalue weighted by atomic mass is 9.97. The van der Waals surface area contributed by atoms with Crippen molar-refractivity contribution < 1.29 is 9.84 Å². The van der Waals surface area contributed by atoms with Gasteiger partial charge in [-0.2, -0.15) is 5.10 Å². The average Bonchev–Trinajstić information content (AvgIpc) is 2.74. The first-order valence-electron chi connectivity index (χ1n) is 6.50. The summed E-state index contributed by atoms with van der Waals surface area (Å²) in [5, 5.41) is 15.5. The average molecular weight is 295 g/mol. The highest BCUT2D eigenvalue weighted by Gasteiger charge is 2.24. The molecule has 0 spiro atoms. The number of methoxy groups -OCH3 is 1. The summed E-state index contributed by atoms with van der Waals surface area (Å²) in [5.41, 5.74) is 2.26. The number of hydrogen-bond donors (Lipinski definition) is 1. The molecule has 1 aromatic carbocycles. The van der Waals surface area contributed by atoms with E-state index in [0.717, 1.165) is 17.0 Å². The molecule has 0 aliphatic carbocycles. The van der Waals surface area contributed by atoms with Crippen LogP contribution in [0.3, 0.4) is 0 Å². The Morgan fingerprint density at radius 1 is 1.25 bits per heavy atom. The molecule has 1 aromatic heterocycles. The van der Waals surface area contributed by atoms with E-state index >= 15 is 0 Å². The van der Waals surface area contributed by atoms with Gasteiger partial charge in [0, 0.05) is 12.6 Å². The molecule has 0 saturated heterocycles. The quantitative estimate of drug-likeness (QED) is 0.941. The maximum absolute atomic E-state index is 10.6. The Morgan fingerprint density at radius 3 is 2.35 bits per heavy atom. The fourth-order valence-corrected chi connectivity index (χ4v) is 2.41. The number of halogens is 1. The molecule has 1 heterocycles. The van der Waals surface area contributed by atoms with Gasteiger partial charge >= 0.3 is 0 Å². The highest BCUT2D eigenvalue weighted by Crippen LogP contribution is 2.34. The van der Waals surface area contributed by atoms with E-state index in [1.807, 2.05) is 38.1 Å². The second-order valence-electron chi connectivity index (χ2n) is 5.04. The predicted molar refractivity (Wildman–Crippen MR) is 79.4 cm³/mol. The van der Waals surface area contributed by atoms with Gasteiger partial charge in [-0.1, -0.05) is 37.6 Å². The molecule has 1 N–H and O–H groups in total. The van der Waals surface area contributed by atoms with Crippen molar-refractivity contribution in [2.24, 2.45) is 7.05 Å². The lowest BCUT2D eigenvalue weighted by molar-refractivity contribution is 0.218. The van der Waals surface area contributed by atoms with Gasteiger partial charge in [0.05, 0.1) is 12.8 Å². The molecule has 20 heavy (non-hydrogen) atoms. The first-order chi connectivity index (χ1) is 9.45.